The molecule has 0 spiro atoms. The summed E-state index contributed by atoms with van der Waals surface area (Å²) in [6, 6.07) is 1.93. The van der Waals surface area contributed by atoms with Crippen LogP contribution in [-0.4, -0.2) is 32.2 Å². The topological polar surface area (TPSA) is 50.2 Å². The number of carbonyl (C=O) groups excluding carboxylic acids is 1. The average molecular weight is 278 g/mol. The molecule has 6 heteroatoms. The van der Waals surface area contributed by atoms with Gasteiger partial charge in [0.15, 0.2) is 5.11 Å². The maximum absolute atomic E-state index is 12.3. The fraction of sp³-hybridized carbons (Fsp3) is 0.462. The van der Waals surface area contributed by atoms with Crippen LogP contribution in [0.1, 0.15) is 25.2 Å². The molecule has 0 aromatic carbocycles. The van der Waals surface area contributed by atoms with Gasteiger partial charge in [-0.1, -0.05) is 13.8 Å². The summed E-state index contributed by atoms with van der Waals surface area (Å²) in [5, 5.41) is 7.70. The lowest BCUT2D eigenvalue weighted by Crippen LogP contribution is -2.33. The molecule has 0 aliphatic carbocycles. The Hall–Kier alpha value is -1.69. The summed E-state index contributed by atoms with van der Waals surface area (Å²) in [7, 11) is 1.85. The molecule has 0 saturated carbocycles. The number of aromatic nitrogens is 2. The van der Waals surface area contributed by atoms with Gasteiger partial charge in [0.2, 0.25) is 0 Å². The Balaban J connectivity index is 2.25. The predicted octanol–water partition coefficient (Wildman–Crippen LogP) is 1.44. The van der Waals surface area contributed by atoms with Crippen LogP contribution in [0.15, 0.2) is 11.8 Å². The molecule has 2 heterocycles. The van der Waals surface area contributed by atoms with Crippen molar-refractivity contribution < 1.29 is 4.79 Å². The first-order valence-electron chi connectivity index (χ1n) is 6.23. The third kappa shape index (κ3) is 2.84. The lowest BCUT2D eigenvalue weighted by molar-refractivity contribution is -0.122. The van der Waals surface area contributed by atoms with Crippen LogP contribution in [0.4, 0.5) is 0 Å². The summed E-state index contributed by atoms with van der Waals surface area (Å²) in [5.74, 6) is 0.305. The van der Waals surface area contributed by atoms with Gasteiger partial charge in [0.25, 0.3) is 5.91 Å². The Bertz CT molecular complexity index is 559. The van der Waals surface area contributed by atoms with Crippen molar-refractivity contribution in [2.75, 3.05) is 6.54 Å². The summed E-state index contributed by atoms with van der Waals surface area (Å²) in [5.41, 5.74) is 2.30. The molecule has 1 aromatic heterocycles. The van der Waals surface area contributed by atoms with Crippen molar-refractivity contribution >= 4 is 29.3 Å². The van der Waals surface area contributed by atoms with Gasteiger partial charge in [-0.2, -0.15) is 5.10 Å². The third-order valence-electron chi connectivity index (χ3n) is 2.84. The lowest BCUT2D eigenvalue weighted by atomic mass is 10.2. The lowest BCUT2D eigenvalue weighted by Gasteiger charge is -2.15. The molecule has 0 atom stereocenters. The van der Waals surface area contributed by atoms with Crippen molar-refractivity contribution in [3.63, 3.8) is 0 Å². The van der Waals surface area contributed by atoms with E-state index >= 15 is 0 Å². The maximum Gasteiger partial charge on any atom is 0.276 e. The molecule has 0 bridgehead atoms. The minimum atomic E-state index is -0.0717. The number of rotatable bonds is 3. The second-order valence-corrected chi connectivity index (χ2v) is 5.52. The van der Waals surface area contributed by atoms with E-state index in [1.165, 1.54) is 0 Å². The number of hydrogen-bond donors (Lipinski definition) is 1. The Morgan fingerprint density at radius 2 is 2.21 bits per heavy atom. The average Bonchev–Trinajstić information content (AvgIpc) is 2.74. The van der Waals surface area contributed by atoms with Gasteiger partial charge < -0.3 is 5.32 Å². The molecular weight excluding hydrogens is 260 g/mol. The monoisotopic (exact) mass is 278 g/mol. The Labute approximate surface area is 118 Å². The van der Waals surface area contributed by atoms with Gasteiger partial charge >= 0.3 is 0 Å². The molecule has 1 aliphatic heterocycles. The number of hydrogen-bond acceptors (Lipinski definition) is 3. The van der Waals surface area contributed by atoms with Crippen LogP contribution in [0.5, 0.6) is 0 Å². The molecule has 0 radical (unpaired) electrons. The second kappa shape index (κ2) is 5.13. The van der Waals surface area contributed by atoms with Gasteiger partial charge in [-0.3, -0.25) is 14.4 Å². The van der Waals surface area contributed by atoms with E-state index in [1.807, 2.05) is 20.0 Å². The maximum atomic E-state index is 12.3. The molecule has 1 saturated heterocycles. The van der Waals surface area contributed by atoms with Gasteiger partial charge in [-0.15, -0.1) is 0 Å². The van der Waals surface area contributed by atoms with E-state index in [0.717, 1.165) is 11.4 Å². The highest BCUT2D eigenvalue weighted by molar-refractivity contribution is 7.80. The first-order valence-corrected chi connectivity index (χ1v) is 6.64. The molecule has 1 fully saturated rings. The minimum Gasteiger partial charge on any atom is -0.328 e. The van der Waals surface area contributed by atoms with Gasteiger partial charge in [-0.05, 0) is 37.2 Å². The fourth-order valence-electron chi connectivity index (χ4n) is 2.02. The van der Waals surface area contributed by atoms with Crippen LogP contribution >= 0.6 is 12.2 Å². The molecule has 19 heavy (non-hydrogen) atoms. The Kier molecular flexibility index (Phi) is 3.71. The summed E-state index contributed by atoms with van der Waals surface area (Å²) >= 11 is 5.20. The summed E-state index contributed by atoms with van der Waals surface area (Å²) in [6.45, 7) is 6.66. The first kappa shape index (κ1) is 13.7. The van der Waals surface area contributed by atoms with Crippen molar-refractivity contribution in [1.29, 1.82) is 0 Å². The highest BCUT2D eigenvalue weighted by Crippen LogP contribution is 2.15. The standard InChI is InChI=1S/C13H18N4OS/c1-8(2)7-17-12(18)11(14-13(17)19)6-10-5-9(3)15-16(10)4/h5-6,8H,7H2,1-4H3,(H,14,19)/b11-6+. The van der Waals surface area contributed by atoms with Gasteiger partial charge in [0.1, 0.15) is 5.70 Å². The van der Waals surface area contributed by atoms with Crippen molar-refractivity contribution in [1.82, 2.24) is 20.0 Å². The summed E-state index contributed by atoms with van der Waals surface area (Å²) < 4.78 is 1.74. The van der Waals surface area contributed by atoms with Crippen LogP contribution in [0, 0.1) is 12.8 Å². The minimum absolute atomic E-state index is 0.0717. The normalized spacial score (nSPS) is 17.7. The molecule has 102 valence electrons. The predicted molar refractivity (Wildman–Crippen MR) is 78.2 cm³/mol. The number of aryl methyl sites for hydroxylation is 2. The number of nitrogens with zero attached hydrogens (tertiary/aromatic N) is 3. The Morgan fingerprint density at radius 1 is 1.53 bits per heavy atom. The second-order valence-electron chi connectivity index (χ2n) is 5.13. The van der Waals surface area contributed by atoms with E-state index in [9.17, 15) is 4.79 Å². The zero-order valence-corrected chi connectivity index (χ0v) is 12.4. The SMILES string of the molecule is Cc1cc(/C=C2/NC(=S)N(CC(C)C)C2=O)n(C)n1. The molecule has 5 nitrogen and oxygen atoms in total. The van der Waals surface area contributed by atoms with Crippen LogP contribution < -0.4 is 5.32 Å². The third-order valence-corrected chi connectivity index (χ3v) is 3.16. The van der Waals surface area contributed by atoms with Crippen LogP contribution in [0.25, 0.3) is 6.08 Å². The molecule has 2 rings (SSSR count). The van der Waals surface area contributed by atoms with Crippen LogP contribution in [0.3, 0.4) is 0 Å². The quantitative estimate of drug-likeness (QED) is 0.671. The highest BCUT2D eigenvalue weighted by Gasteiger charge is 2.30. The van der Waals surface area contributed by atoms with Gasteiger partial charge in [0, 0.05) is 13.6 Å². The van der Waals surface area contributed by atoms with Gasteiger partial charge in [-0.25, -0.2) is 0 Å². The number of nitrogens with one attached hydrogen (secondary N) is 1. The molecule has 1 aromatic rings. The van der Waals surface area contributed by atoms with E-state index in [1.54, 1.807) is 15.7 Å². The summed E-state index contributed by atoms with van der Waals surface area (Å²) in [4.78, 5) is 13.9. The molecular formula is C13H18N4OS. The Morgan fingerprint density at radius 3 is 2.74 bits per heavy atom. The number of carbonyl (C=O) groups is 1. The highest BCUT2D eigenvalue weighted by atomic mass is 32.1. The van der Waals surface area contributed by atoms with Crippen molar-refractivity contribution in [3.05, 3.63) is 23.2 Å². The number of amides is 1. The van der Waals surface area contributed by atoms with Crippen molar-refractivity contribution in [2.24, 2.45) is 13.0 Å². The first-order chi connectivity index (χ1) is 8.88. The molecule has 1 aliphatic rings. The van der Waals surface area contributed by atoms with Crippen LogP contribution in [-0.2, 0) is 11.8 Å². The van der Waals surface area contributed by atoms with E-state index in [-0.39, 0.29) is 5.91 Å². The zero-order valence-electron chi connectivity index (χ0n) is 11.6. The van der Waals surface area contributed by atoms with Gasteiger partial charge in [0.05, 0.1) is 11.4 Å². The fourth-order valence-corrected chi connectivity index (χ4v) is 2.28. The van der Waals surface area contributed by atoms with E-state index in [2.05, 4.69) is 24.3 Å². The zero-order chi connectivity index (χ0) is 14.2. The number of thiocarbonyl (C=S) groups is 1. The van der Waals surface area contributed by atoms with Crippen molar-refractivity contribution in [2.45, 2.75) is 20.8 Å². The van der Waals surface area contributed by atoms with Crippen LogP contribution in [0.2, 0.25) is 0 Å². The molecule has 0 unspecified atom stereocenters. The largest absolute Gasteiger partial charge is 0.328 e. The smallest absolute Gasteiger partial charge is 0.276 e. The van der Waals surface area contributed by atoms with E-state index in [4.69, 9.17) is 12.2 Å². The summed E-state index contributed by atoms with van der Waals surface area (Å²) in [6.07, 6.45) is 1.79. The van der Waals surface area contributed by atoms with E-state index in [0.29, 0.717) is 23.3 Å². The van der Waals surface area contributed by atoms with E-state index < -0.39 is 0 Å². The molecule has 1 amide bonds. The van der Waals surface area contributed by atoms with Crippen molar-refractivity contribution in [3.8, 4) is 0 Å². The molecule has 1 N–H and O–H groups in total.